The summed E-state index contributed by atoms with van der Waals surface area (Å²) in [6.07, 6.45) is 7.44. The molecule has 1 aromatic heterocycles. The van der Waals surface area contributed by atoms with E-state index in [9.17, 15) is 9.59 Å². The van der Waals surface area contributed by atoms with E-state index in [-0.39, 0.29) is 18.5 Å². The maximum Gasteiger partial charge on any atom is 0.251 e. The Hall–Kier alpha value is -2.62. The van der Waals surface area contributed by atoms with Crippen LogP contribution < -0.4 is 11.1 Å². The first kappa shape index (κ1) is 17.2. The van der Waals surface area contributed by atoms with E-state index < -0.39 is 5.91 Å². The van der Waals surface area contributed by atoms with Crippen molar-refractivity contribution in [2.45, 2.75) is 18.9 Å². The van der Waals surface area contributed by atoms with Crippen LogP contribution in [0, 0.1) is 12.3 Å². The van der Waals surface area contributed by atoms with Crippen LogP contribution >= 0.6 is 11.3 Å². The maximum absolute atomic E-state index is 12.5. The van der Waals surface area contributed by atoms with Crippen molar-refractivity contribution in [3.05, 3.63) is 52.4 Å². The Morgan fingerprint density at radius 1 is 1.36 bits per heavy atom. The third kappa shape index (κ3) is 3.73. The summed E-state index contributed by atoms with van der Waals surface area (Å²) >= 11 is 1.28. The van der Waals surface area contributed by atoms with Gasteiger partial charge in [-0.05, 0) is 35.4 Å². The molecule has 3 N–H and O–H groups in total. The number of carbonyl (C=O) groups is 2. The smallest absolute Gasteiger partial charge is 0.251 e. The first-order chi connectivity index (χ1) is 12.1. The van der Waals surface area contributed by atoms with E-state index in [0.717, 1.165) is 12.8 Å². The van der Waals surface area contributed by atoms with Gasteiger partial charge in [0.15, 0.2) is 0 Å². The molecule has 128 valence electrons. The molecule has 0 saturated heterocycles. The van der Waals surface area contributed by atoms with Crippen molar-refractivity contribution in [3.8, 4) is 12.3 Å². The second-order valence-electron chi connectivity index (χ2n) is 5.94. The first-order valence-electron chi connectivity index (χ1n) is 8.02. The second-order valence-corrected chi connectivity index (χ2v) is 6.85. The minimum Gasteiger partial charge on any atom is -0.366 e. The van der Waals surface area contributed by atoms with Crippen LogP contribution in [0.5, 0.6) is 0 Å². The molecule has 1 aromatic carbocycles. The van der Waals surface area contributed by atoms with Crippen molar-refractivity contribution in [2.24, 2.45) is 5.73 Å². The summed E-state index contributed by atoms with van der Waals surface area (Å²) in [7, 11) is 0. The molecule has 1 heterocycles. The number of nitrogens with one attached hydrogen (secondary N) is 1. The van der Waals surface area contributed by atoms with Gasteiger partial charge in [-0.15, -0.1) is 17.8 Å². The highest BCUT2D eigenvalue weighted by Gasteiger charge is 2.28. The largest absolute Gasteiger partial charge is 0.366 e. The quantitative estimate of drug-likeness (QED) is 0.783. The first-order valence-corrected chi connectivity index (χ1v) is 8.90. The van der Waals surface area contributed by atoms with Gasteiger partial charge in [0.25, 0.3) is 5.91 Å². The molecule has 1 aliphatic rings. The second kappa shape index (κ2) is 7.51. The molecular weight excluding hydrogens is 334 g/mol. The molecule has 5 nitrogen and oxygen atoms in total. The zero-order valence-electron chi connectivity index (χ0n) is 13.7. The Kier molecular flexibility index (Phi) is 5.17. The van der Waals surface area contributed by atoms with E-state index in [0.29, 0.717) is 17.1 Å². The van der Waals surface area contributed by atoms with Crippen molar-refractivity contribution in [1.29, 1.82) is 0 Å². The highest BCUT2D eigenvalue weighted by Crippen LogP contribution is 2.35. The lowest BCUT2D eigenvalue weighted by Crippen LogP contribution is -2.36. The number of anilines is 1. The van der Waals surface area contributed by atoms with Gasteiger partial charge in [0.2, 0.25) is 5.91 Å². The Balaban J connectivity index is 1.72. The number of nitrogens with zero attached hydrogens (tertiary/aromatic N) is 1. The zero-order valence-corrected chi connectivity index (χ0v) is 14.5. The molecule has 2 amide bonds. The van der Waals surface area contributed by atoms with Gasteiger partial charge in [-0.3, -0.25) is 14.5 Å². The van der Waals surface area contributed by atoms with Crippen molar-refractivity contribution < 1.29 is 9.59 Å². The standard InChI is InChI=1S/C19H19N3O2S/c1-2-10-22(16-8-7-13-5-3-4-6-14(13)16)12-17(23)21-19-15(18(20)24)9-11-25-19/h1,3-6,9,11,16H,7-8,10,12H2,(H2,20,24)(H,21,23)/t16-/m1/s1. The van der Waals surface area contributed by atoms with Crippen LogP contribution in [-0.2, 0) is 11.2 Å². The normalized spacial score (nSPS) is 15.6. The summed E-state index contributed by atoms with van der Waals surface area (Å²) in [5, 5.41) is 4.98. The van der Waals surface area contributed by atoms with Gasteiger partial charge in [0.05, 0.1) is 18.7 Å². The van der Waals surface area contributed by atoms with Crippen LogP contribution in [0.3, 0.4) is 0 Å². The minimum absolute atomic E-state index is 0.136. The van der Waals surface area contributed by atoms with Crippen LogP contribution in [0.4, 0.5) is 5.00 Å². The molecule has 0 radical (unpaired) electrons. The van der Waals surface area contributed by atoms with Crippen molar-refractivity contribution in [1.82, 2.24) is 4.90 Å². The maximum atomic E-state index is 12.5. The van der Waals surface area contributed by atoms with Crippen molar-refractivity contribution in [2.75, 3.05) is 18.4 Å². The van der Waals surface area contributed by atoms with E-state index >= 15 is 0 Å². The minimum atomic E-state index is -0.554. The highest BCUT2D eigenvalue weighted by atomic mass is 32.1. The number of fused-ring (bicyclic) bond motifs is 1. The lowest BCUT2D eigenvalue weighted by molar-refractivity contribution is -0.117. The number of primary amides is 1. The average molecular weight is 353 g/mol. The van der Waals surface area contributed by atoms with Crippen LogP contribution in [0.25, 0.3) is 0 Å². The average Bonchev–Trinajstić information content (AvgIpc) is 3.21. The lowest BCUT2D eigenvalue weighted by atomic mass is 10.1. The van der Waals surface area contributed by atoms with Crippen molar-refractivity contribution in [3.63, 3.8) is 0 Å². The van der Waals surface area contributed by atoms with Crippen LogP contribution in [0.15, 0.2) is 35.7 Å². The lowest BCUT2D eigenvalue weighted by Gasteiger charge is -2.27. The third-order valence-corrected chi connectivity index (χ3v) is 5.20. The number of amides is 2. The Bertz CT molecular complexity index is 837. The molecule has 0 fully saturated rings. The predicted molar refractivity (Wildman–Crippen MR) is 99.4 cm³/mol. The summed E-state index contributed by atoms with van der Waals surface area (Å²) in [6, 6.07) is 10.00. The number of rotatable bonds is 6. The summed E-state index contributed by atoms with van der Waals surface area (Å²) in [5.74, 6) is 1.89. The number of hydrogen-bond donors (Lipinski definition) is 2. The van der Waals surface area contributed by atoms with Gasteiger partial charge in [0, 0.05) is 6.04 Å². The number of thiophene rings is 1. The van der Waals surface area contributed by atoms with E-state index in [1.54, 1.807) is 11.4 Å². The van der Waals surface area contributed by atoms with Gasteiger partial charge < -0.3 is 11.1 Å². The fourth-order valence-electron chi connectivity index (χ4n) is 3.26. The molecule has 2 aromatic rings. The van der Waals surface area contributed by atoms with Gasteiger partial charge in [-0.1, -0.05) is 30.2 Å². The highest BCUT2D eigenvalue weighted by molar-refractivity contribution is 7.14. The molecule has 0 saturated carbocycles. The van der Waals surface area contributed by atoms with Gasteiger partial charge in [-0.25, -0.2) is 0 Å². The number of aryl methyl sites for hydroxylation is 1. The summed E-state index contributed by atoms with van der Waals surface area (Å²) < 4.78 is 0. The van der Waals surface area contributed by atoms with Crippen LogP contribution in [0.1, 0.15) is 33.9 Å². The Morgan fingerprint density at radius 2 is 2.16 bits per heavy atom. The molecule has 0 aliphatic heterocycles. The summed E-state index contributed by atoms with van der Waals surface area (Å²) in [5.41, 5.74) is 8.19. The number of hydrogen-bond acceptors (Lipinski definition) is 4. The van der Waals surface area contributed by atoms with Gasteiger partial charge >= 0.3 is 0 Å². The molecule has 3 rings (SSSR count). The topological polar surface area (TPSA) is 75.4 Å². The molecular formula is C19H19N3O2S. The van der Waals surface area contributed by atoms with E-state index in [2.05, 4.69) is 23.4 Å². The number of carbonyl (C=O) groups excluding carboxylic acids is 2. The van der Waals surface area contributed by atoms with Crippen molar-refractivity contribution >= 4 is 28.2 Å². The molecule has 0 bridgehead atoms. The zero-order chi connectivity index (χ0) is 17.8. The molecule has 0 spiro atoms. The predicted octanol–water partition coefficient (Wildman–Crippen LogP) is 2.41. The van der Waals surface area contributed by atoms with Crippen LogP contribution in [-0.4, -0.2) is 29.8 Å². The van der Waals surface area contributed by atoms with Gasteiger partial charge in [0.1, 0.15) is 5.00 Å². The molecule has 25 heavy (non-hydrogen) atoms. The monoisotopic (exact) mass is 353 g/mol. The molecule has 1 atom stereocenters. The number of benzene rings is 1. The summed E-state index contributed by atoms with van der Waals surface area (Å²) in [4.78, 5) is 25.8. The molecule has 6 heteroatoms. The molecule has 0 unspecified atom stereocenters. The summed E-state index contributed by atoms with van der Waals surface area (Å²) in [6.45, 7) is 0.554. The van der Waals surface area contributed by atoms with E-state index in [4.69, 9.17) is 12.2 Å². The number of nitrogens with two attached hydrogens (primary N) is 1. The van der Waals surface area contributed by atoms with Gasteiger partial charge in [-0.2, -0.15) is 0 Å². The Morgan fingerprint density at radius 3 is 2.92 bits per heavy atom. The molecule has 1 aliphatic carbocycles. The van der Waals surface area contributed by atoms with E-state index in [1.165, 1.54) is 22.5 Å². The van der Waals surface area contributed by atoms with E-state index in [1.807, 2.05) is 17.0 Å². The SMILES string of the molecule is C#CCN(CC(=O)Nc1sccc1C(N)=O)[C@@H]1CCc2ccccc21. The third-order valence-electron chi connectivity index (χ3n) is 4.37. The fourth-order valence-corrected chi connectivity index (χ4v) is 4.07. The fraction of sp³-hybridized carbons (Fsp3) is 0.263. The number of terminal acetylenes is 1. The van der Waals surface area contributed by atoms with Crippen LogP contribution in [0.2, 0.25) is 0 Å². The Labute approximate surface area is 150 Å².